The van der Waals surface area contributed by atoms with Gasteiger partial charge in [-0.05, 0) is 41.8 Å². The third-order valence-corrected chi connectivity index (χ3v) is 5.79. The molecule has 0 saturated carbocycles. The fraction of sp³-hybridized carbons (Fsp3) is 0.407. The quantitative estimate of drug-likeness (QED) is 0.487. The van der Waals surface area contributed by atoms with Crippen LogP contribution in [0.4, 0.5) is 0 Å². The zero-order chi connectivity index (χ0) is 23.8. The number of rotatable bonds is 0. The number of hydrogen-bond acceptors (Lipinski definition) is 4. The molecule has 1 atom stereocenters. The van der Waals surface area contributed by atoms with Gasteiger partial charge in [0.25, 0.3) is 0 Å². The Balaban J connectivity index is 0.000000728. The van der Waals surface area contributed by atoms with Crippen molar-refractivity contribution in [3.8, 4) is 11.5 Å². The number of likely N-dealkylation sites (N-methyl/N-ethyl adjacent to an activating group) is 1. The standard InChI is InChI=1S/C23H24N4O2.2C2H6/c1-25-13-19-8-17-4-2-6-21(9-17)29-22-7-3-5-18(10-22)12-27-16-24-11-20(27)14-26(19)15-23(25)28;2*1-2/h2-7,9-11,16,19H,8,12-15H2,1H3;2*1-2H3. The summed E-state index contributed by atoms with van der Waals surface area (Å²) >= 11 is 0. The van der Waals surface area contributed by atoms with E-state index in [2.05, 4.69) is 38.7 Å². The molecule has 3 aromatic rings. The van der Waals surface area contributed by atoms with Crippen LogP contribution in [0.25, 0.3) is 0 Å². The van der Waals surface area contributed by atoms with Crippen molar-refractivity contribution in [3.05, 3.63) is 77.9 Å². The van der Waals surface area contributed by atoms with E-state index < -0.39 is 0 Å². The molecule has 6 heteroatoms. The van der Waals surface area contributed by atoms with Gasteiger partial charge in [-0.2, -0.15) is 0 Å². The highest BCUT2D eigenvalue weighted by Gasteiger charge is 2.31. The summed E-state index contributed by atoms with van der Waals surface area (Å²) in [6, 6.07) is 16.7. The molecule has 1 fully saturated rings. The molecular formula is C27H36N4O2. The molecule has 176 valence electrons. The van der Waals surface area contributed by atoms with Crippen molar-refractivity contribution < 1.29 is 9.53 Å². The first-order valence-corrected chi connectivity index (χ1v) is 12.0. The highest BCUT2D eigenvalue weighted by Crippen LogP contribution is 2.26. The van der Waals surface area contributed by atoms with E-state index >= 15 is 0 Å². The molecule has 1 unspecified atom stereocenters. The van der Waals surface area contributed by atoms with Crippen LogP contribution in [0.1, 0.15) is 44.5 Å². The molecule has 0 radical (unpaired) electrons. The summed E-state index contributed by atoms with van der Waals surface area (Å²) in [4.78, 5) is 20.9. The first-order chi connectivity index (χ1) is 16.1. The van der Waals surface area contributed by atoms with Gasteiger partial charge in [-0.25, -0.2) is 4.98 Å². The van der Waals surface area contributed by atoms with E-state index in [9.17, 15) is 4.79 Å². The van der Waals surface area contributed by atoms with E-state index in [1.807, 2.05) is 76.4 Å². The highest BCUT2D eigenvalue weighted by atomic mass is 16.5. The maximum Gasteiger partial charge on any atom is 0.236 e. The first kappa shape index (κ1) is 24.5. The van der Waals surface area contributed by atoms with Crippen LogP contribution in [-0.2, 0) is 24.3 Å². The lowest BCUT2D eigenvalue weighted by Crippen LogP contribution is -2.55. The number of nitrogens with zero attached hydrogens (tertiary/aromatic N) is 4. The number of amides is 1. The number of piperazine rings is 1. The summed E-state index contributed by atoms with van der Waals surface area (Å²) in [6.07, 6.45) is 4.64. The van der Waals surface area contributed by atoms with Crippen molar-refractivity contribution in [2.24, 2.45) is 0 Å². The van der Waals surface area contributed by atoms with E-state index in [0.29, 0.717) is 13.1 Å². The molecule has 0 spiro atoms. The van der Waals surface area contributed by atoms with Gasteiger partial charge in [0.1, 0.15) is 11.5 Å². The van der Waals surface area contributed by atoms with Gasteiger partial charge in [0.15, 0.2) is 0 Å². The molecule has 3 heterocycles. The predicted octanol–water partition coefficient (Wildman–Crippen LogP) is 4.97. The number of hydrogen-bond donors (Lipinski definition) is 0. The minimum Gasteiger partial charge on any atom is -0.457 e. The molecule has 0 N–H and O–H groups in total. The third kappa shape index (κ3) is 6.02. The summed E-state index contributed by atoms with van der Waals surface area (Å²) in [7, 11) is 1.89. The summed E-state index contributed by atoms with van der Waals surface area (Å²) < 4.78 is 8.30. The summed E-state index contributed by atoms with van der Waals surface area (Å²) in [6.45, 7) is 10.6. The molecule has 5 rings (SSSR count). The van der Waals surface area contributed by atoms with Gasteiger partial charge in [0, 0.05) is 38.9 Å². The Labute approximate surface area is 197 Å². The molecule has 1 aromatic heterocycles. The maximum absolute atomic E-state index is 12.4. The Morgan fingerprint density at radius 2 is 1.58 bits per heavy atom. The zero-order valence-corrected chi connectivity index (χ0v) is 20.5. The number of carbonyl (C=O) groups excluding carboxylic acids is 1. The average molecular weight is 449 g/mol. The van der Waals surface area contributed by atoms with Crippen LogP contribution in [0.3, 0.4) is 0 Å². The van der Waals surface area contributed by atoms with Crippen LogP contribution in [0.5, 0.6) is 11.5 Å². The van der Waals surface area contributed by atoms with Gasteiger partial charge < -0.3 is 14.2 Å². The molecule has 0 aliphatic carbocycles. The van der Waals surface area contributed by atoms with Crippen molar-refractivity contribution in [3.63, 3.8) is 0 Å². The zero-order valence-electron chi connectivity index (χ0n) is 20.5. The fourth-order valence-electron chi connectivity index (χ4n) is 4.21. The number of aromatic nitrogens is 2. The molecule has 1 saturated heterocycles. The Bertz CT molecular complexity index is 1050. The Morgan fingerprint density at radius 1 is 0.909 bits per heavy atom. The van der Waals surface area contributed by atoms with Crippen molar-refractivity contribution in [2.45, 2.75) is 53.2 Å². The fourth-order valence-corrected chi connectivity index (χ4v) is 4.21. The van der Waals surface area contributed by atoms with Crippen molar-refractivity contribution in [2.75, 3.05) is 20.1 Å². The lowest BCUT2D eigenvalue weighted by atomic mass is 10.0. The van der Waals surface area contributed by atoms with Crippen LogP contribution in [0.15, 0.2) is 61.1 Å². The maximum atomic E-state index is 12.4. The second-order valence-electron chi connectivity index (χ2n) is 7.95. The van der Waals surface area contributed by atoms with Crippen LogP contribution in [0, 0.1) is 0 Å². The monoisotopic (exact) mass is 448 g/mol. The second kappa shape index (κ2) is 11.7. The van der Waals surface area contributed by atoms with Gasteiger partial charge in [-0.15, -0.1) is 0 Å². The van der Waals surface area contributed by atoms with E-state index in [0.717, 1.165) is 42.3 Å². The van der Waals surface area contributed by atoms with E-state index in [1.54, 1.807) is 0 Å². The number of fused-ring (bicyclic) bond motifs is 6. The van der Waals surface area contributed by atoms with Gasteiger partial charge in [-0.1, -0.05) is 52.0 Å². The number of ether oxygens (including phenoxy) is 1. The Morgan fingerprint density at radius 3 is 2.30 bits per heavy atom. The largest absolute Gasteiger partial charge is 0.457 e. The Hall–Kier alpha value is -3.12. The molecule has 2 aliphatic heterocycles. The van der Waals surface area contributed by atoms with Gasteiger partial charge in [0.05, 0.1) is 18.6 Å². The lowest BCUT2D eigenvalue weighted by Gasteiger charge is -2.39. The van der Waals surface area contributed by atoms with E-state index in [-0.39, 0.29) is 11.9 Å². The SMILES string of the molecule is CC.CC.CN1CC2Cc3cccc(c3)Oc3cccc(c3)Cn3cncc3CN2CC1=O. The van der Waals surface area contributed by atoms with Crippen LogP contribution in [-0.4, -0.2) is 51.4 Å². The van der Waals surface area contributed by atoms with Crippen molar-refractivity contribution >= 4 is 5.91 Å². The molecule has 1 amide bonds. The van der Waals surface area contributed by atoms with Crippen molar-refractivity contribution in [1.82, 2.24) is 19.4 Å². The smallest absolute Gasteiger partial charge is 0.236 e. The average Bonchev–Trinajstić information content (AvgIpc) is 3.26. The number of benzene rings is 2. The van der Waals surface area contributed by atoms with Crippen molar-refractivity contribution in [1.29, 1.82) is 0 Å². The third-order valence-electron chi connectivity index (χ3n) is 5.79. The Kier molecular flexibility index (Phi) is 8.66. The van der Waals surface area contributed by atoms with Gasteiger partial charge in [-0.3, -0.25) is 9.69 Å². The normalized spacial score (nSPS) is 17.7. The highest BCUT2D eigenvalue weighted by molar-refractivity contribution is 5.78. The van der Waals surface area contributed by atoms with E-state index in [1.165, 1.54) is 5.56 Å². The lowest BCUT2D eigenvalue weighted by molar-refractivity contribution is -0.137. The molecule has 2 aromatic carbocycles. The molecule has 4 bridgehead atoms. The van der Waals surface area contributed by atoms with Crippen LogP contribution >= 0.6 is 0 Å². The second-order valence-corrected chi connectivity index (χ2v) is 7.95. The predicted molar refractivity (Wildman–Crippen MR) is 133 cm³/mol. The van der Waals surface area contributed by atoms with Crippen LogP contribution in [0.2, 0.25) is 0 Å². The topological polar surface area (TPSA) is 50.6 Å². The number of carbonyl (C=O) groups is 1. The molecule has 6 nitrogen and oxygen atoms in total. The van der Waals surface area contributed by atoms with E-state index in [4.69, 9.17) is 4.74 Å². The number of imidazole rings is 1. The van der Waals surface area contributed by atoms with Gasteiger partial charge in [0.2, 0.25) is 5.91 Å². The minimum atomic E-state index is 0.165. The summed E-state index contributed by atoms with van der Waals surface area (Å²) in [5.41, 5.74) is 3.48. The van der Waals surface area contributed by atoms with Gasteiger partial charge >= 0.3 is 0 Å². The molecule has 2 aliphatic rings. The first-order valence-electron chi connectivity index (χ1n) is 12.0. The minimum absolute atomic E-state index is 0.165. The summed E-state index contributed by atoms with van der Waals surface area (Å²) in [5, 5.41) is 0. The van der Waals surface area contributed by atoms with Crippen LogP contribution < -0.4 is 4.74 Å². The molecule has 33 heavy (non-hydrogen) atoms. The summed E-state index contributed by atoms with van der Waals surface area (Å²) in [5.74, 6) is 1.84. The molecular weight excluding hydrogens is 412 g/mol.